The molecule has 2 N–H and O–H groups in total. The normalized spacial score (nSPS) is 16.2. The predicted octanol–water partition coefficient (Wildman–Crippen LogP) is 4.48. The number of nitrogens with zero attached hydrogens (tertiary/aromatic N) is 1. The van der Waals surface area contributed by atoms with Crippen LogP contribution in [0.1, 0.15) is 64.5 Å². The molecular formula is C20H32N2O3. The molecule has 1 heterocycles. The van der Waals surface area contributed by atoms with E-state index in [-0.39, 0.29) is 12.2 Å². The number of benzene rings is 1. The first-order valence-corrected chi connectivity index (χ1v) is 9.11. The second kappa shape index (κ2) is 7.54. The number of nitrogen functional groups attached to an aromatic ring is 1. The highest BCUT2D eigenvalue weighted by Crippen LogP contribution is 2.36. The maximum absolute atomic E-state index is 12.2. The van der Waals surface area contributed by atoms with Crippen LogP contribution in [0.4, 0.5) is 10.5 Å². The highest BCUT2D eigenvalue weighted by molar-refractivity contribution is 5.68. The topological polar surface area (TPSA) is 64.8 Å². The molecule has 5 heteroatoms. The molecule has 1 aromatic carbocycles. The molecule has 0 aliphatic carbocycles. The van der Waals surface area contributed by atoms with Crippen molar-refractivity contribution in [3.8, 4) is 5.75 Å². The minimum atomic E-state index is -0.454. The van der Waals surface area contributed by atoms with Gasteiger partial charge in [0.1, 0.15) is 11.4 Å². The van der Waals surface area contributed by atoms with E-state index in [1.807, 2.05) is 40.7 Å². The lowest BCUT2D eigenvalue weighted by Crippen LogP contribution is -2.41. The number of anilines is 1. The molecule has 0 aromatic heterocycles. The molecule has 1 saturated heterocycles. The van der Waals surface area contributed by atoms with E-state index in [9.17, 15) is 4.79 Å². The van der Waals surface area contributed by atoms with Crippen molar-refractivity contribution in [2.45, 2.75) is 72.0 Å². The Morgan fingerprint density at radius 3 is 2.36 bits per heavy atom. The van der Waals surface area contributed by atoms with Crippen LogP contribution in [0.5, 0.6) is 5.75 Å². The molecule has 140 valence electrons. The molecule has 25 heavy (non-hydrogen) atoms. The van der Waals surface area contributed by atoms with Gasteiger partial charge >= 0.3 is 6.09 Å². The summed E-state index contributed by atoms with van der Waals surface area (Å²) < 4.78 is 11.3. The zero-order chi connectivity index (χ0) is 18.8. The Labute approximate surface area is 151 Å². The number of likely N-dealkylation sites (tertiary alicyclic amines) is 1. The summed E-state index contributed by atoms with van der Waals surface area (Å²) in [6.45, 7) is 13.2. The maximum atomic E-state index is 12.2. The molecule has 5 nitrogen and oxygen atoms in total. The van der Waals surface area contributed by atoms with Crippen LogP contribution < -0.4 is 10.5 Å². The summed E-state index contributed by atoms with van der Waals surface area (Å²) in [5.41, 5.74) is 8.78. The number of carbonyl (C=O) groups excluding carboxylic acids is 1. The van der Waals surface area contributed by atoms with Gasteiger partial charge in [-0.25, -0.2) is 4.79 Å². The Kier molecular flexibility index (Phi) is 5.86. The van der Waals surface area contributed by atoms with Crippen LogP contribution in [0.3, 0.4) is 0 Å². The summed E-state index contributed by atoms with van der Waals surface area (Å²) in [7, 11) is 0. The van der Waals surface area contributed by atoms with Crippen molar-refractivity contribution >= 4 is 11.8 Å². The second-order valence-corrected chi connectivity index (χ2v) is 8.15. The SMILES string of the molecule is Cc1cc(N)c(OC(C)C)cc1C1CCN(C(=O)OC(C)(C)C)CC1. The summed E-state index contributed by atoms with van der Waals surface area (Å²) in [4.78, 5) is 14.0. The van der Waals surface area contributed by atoms with Gasteiger partial charge in [-0.3, -0.25) is 0 Å². The molecule has 1 fully saturated rings. The Bertz CT molecular complexity index is 612. The number of hydrogen-bond donors (Lipinski definition) is 1. The minimum Gasteiger partial charge on any atom is -0.489 e. The van der Waals surface area contributed by atoms with E-state index in [1.54, 1.807) is 4.90 Å². The van der Waals surface area contributed by atoms with Crippen LogP contribution in [-0.2, 0) is 4.74 Å². The standard InChI is InChI=1S/C20H32N2O3/c1-13(2)24-18-12-16(14(3)11-17(18)21)15-7-9-22(10-8-15)19(23)25-20(4,5)6/h11-13,15H,7-10,21H2,1-6H3. The smallest absolute Gasteiger partial charge is 0.410 e. The number of aryl methyl sites for hydroxylation is 1. The number of piperidine rings is 1. The fraction of sp³-hybridized carbons (Fsp3) is 0.650. The third-order valence-corrected chi connectivity index (χ3v) is 4.35. The fourth-order valence-corrected chi connectivity index (χ4v) is 3.22. The van der Waals surface area contributed by atoms with Crippen LogP contribution in [0.15, 0.2) is 12.1 Å². The van der Waals surface area contributed by atoms with Gasteiger partial charge in [-0.15, -0.1) is 0 Å². The van der Waals surface area contributed by atoms with E-state index < -0.39 is 5.60 Å². The van der Waals surface area contributed by atoms with Gasteiger partial charge in [0, 0.05) is 13.1 Å². The van der Waals surface area contributed by atoms with Gasteiger partial charge in [0.05, 0.1) is 11.8 Å². The molecule has 1 amide bonds. The van der Waals surface area contributed by atoms with Crippen LogP contribution in [0, 0.1) is 6.92 Å². The Morgan fingerprint density at radius 2 is 1.84 bits per heavy atom. The first-order valence-electron chi connectivity index (χ1n) is 9.11. The van der Waals surface area contributed by atoms with Crippen molar-refractivity contribution in [3.05, 3.63) is 23.3 Å². The maximum Gasteiger partial charge on any atom is 0.410 e. The average molecular weight is 348 g/mol. The monoisotopic (exact) mass is 348 g/mol. The van der Waals surface area contributed by atoms with Gasteiger partial charge in [-0.05, 0) is 83.6 Å². The lowest BCUT2D eigenvalue weighted by atomic mass is 9.86. The molecule has 0 saturated carbocycles. The van der Waals surface area contributed by atoms with Gasteiger partial charge < -0.3 is 20.1 Å². The average Bonchev–Trinajstić information content (AvgIpc) is 2.48. The van der Waals surface area contributed by atoms with E-state index >= 15 is 0 Å². The van der Waals surface area contributed by atoms with E-state index in [2.05, 4.69) is 13.0 Å². The number of nitrogens with two attached hydrogens (primary N) is 1. The zero-order valence-corrected chi connectivity index (χ0v) is 16.4. The number of rotatable bonds is 3. The number of amides is 1. The molecule has 1 aromatic rings. The van der Waals surface area contributed by atoms with Crippen molar-refractivity contribution in [1.82, 2.24) is 4.90 Å². The lowest BCUT2D eigenvalue weighted by molar-refractivity contribution is 0.0204. The summed E-state index contributed by atoms with van der Waals surface area (Å²) in [5, 5.41) is 0. The van der Waals surface area contributed by atoms with E-state index in [0.717, 1.165) is 18.6 Å². The third kappa shape index (κ3) is 5.28. The van der Waals surface area contributed by atoms with Gasteiger partial charge in [0.2, 0.25) is 0 Å². The quantitative estimate of drug-likeness (QED) is 0.818. The fourth-order valence-electron chi connectivity index (χ4n) is 3.22. The lowest BCUT2D eigenvalue weighted by Gasteiger charge is -2.34. The van der Waals surface area contributed by atoms with Gasteiger partial charge in [-0.1, -0.05) is 0 Å². The van der Waals surface area contributed by atoms with Crippen molar-refractivity contribution in [1.29, 1.82) is 0 Å². The summed E-state index contributed by atoms with van der Waals surface area (Å²) in [5.74, 6) is 1.17. The van der Waals surface area contributed by atoms with Gasteiger partial charge in [-0.2, -0.15) is 0 Å². The summed E-state index contributed by atoms with van der Waals surface area (Å²) in [6.07, 6.45) is 1.71. The molecule has 1 aliphatic rings. The third-order valence-electron chi connectivity index (χ3n) is 4.35. The predicted molar refractivity (Wildman–Crippen MR) is 101 cm³/mol. The first kappa shape index (κ1) is 19.4. The Hall–Kier alpha value is -1.91. The Balaban J connectivity index is 2.06. The van der Waals surface area contributed by atoms with E-state index in [1.165, 1.54) is 11.1 Å². The van der Waals surface area contributed by atoms with E-state index in [4.69, 9.17) is 15.2 Å². The van der Waals surface area contributed by atoms with Crippen molar-refractivity contribution < 1.29 is 14.3 Å². The summed E-state index contributed by atoms with van der Waals surface area (Å²) in [6, 6.07) is 4.08. The zero-order valence-electron chi connectivity index (χ0n) is 16.4. The molecule has 0 unspecified atom stereocenters. The van der Waals surface area contributed by atoms with Gasteiger partial charge in [0.15, 0.2) is 0 Å². The molecule has 0 bridgehead atoms. The van der Waals surface area contributed by atoms with Gasteiger partial charge in [0.25, 0.3) is 0 Å². The minimum absolute atomic E-state index is 0.0897. The van der Waals surface area contributed by atoms with Crippen molar-refractivity contribution in [3.63, 3.8) is 0 Å². The van der Waals surface area contributed by atoms with Crippen LogP contribution in [0.25, 0.3) is 0 Å². The van der Waals surface area contributed by atoms with Crippen LogP contribution >= 0.6 is 0 Å². The molecule has 1 aliphatic heterocycles. The highest BCUT2D eigenvalue weighted by atomic mass is 16.6. The number of carbonyl (C=O) groups is 1. The Morgan fingerprint density at radius 1 is 1.24 bits per heavy atom. The van der Waals surface area contributed by atoms with E-state index in [0.29, 0.717) is 24.7 Å². The van der Waals surface area contributed by atoms with Crippen LogP contribution in [-0.4, -0.2) is 35.8 Å². The largest absolute Gasteiger partial charge is 0.489 e. The molecule has 0 atom stereocenters. The van der Waals surface area contributed by atoms with Crippen LogP contribution in [0.2, 0.25) is 0 Å². The molecular weight excluding hydrogens is 316 g/mol. The highest BCUT2D eigenvalue weighted by Gasteiger charge is 2.28. The van der Waals surface area contributed by atoms with Crippen molar-refractivity contribution in [2.24, 2.45) is 0 Å². The molecule has 0 radical (unpaired) electrons. The number of ether oxygens (including phenoxy) is 2. The first-order chi connectivity index (χ1) is 11.6. The second-order valence-electron chi connectivity index (χ2n) is 8.15. The number of hydrogen-bond acceptors (Lipinski definition) is 4. The van der Waals surface area contributed by atoms with Crippen molar-refractivity contribution in [2.75, 3.05) is 18.8 Å². The summed E-state index contributed by atoms with van der Waals surface area (Å²) >= 11 is 0. The molecule has 0 spiro atoms. The molecule has 2 rings (SSSR count).